The maximum absolute atomic E-state index is 6.56. The van der Waals surface area contributed by atoms with E-state index in [2.05, 4.69) is 30.3 Å². The van der Waals surface area contributed by atoms with Crippen LogP contribution in [0.1, 0.15) is 37.7 Å². The fourth-order valence-corrected chi connectivity index (χ4v) is 4.87. The van der Waals surface area contributed by atoms with Crippen LogP contribution in [-0.4, -0.2) is 11.1 Å². The van der Waals surface area contributed by atoms with Crippen LogP contribution in [0, 0.1) is 11.8 Å². The van der Waals surface area contributed by atoms with Crippen molar-refractivity contribution in [2.75, 3.05) is 0 Å². The Labute approximate surface area is 115 Å². The van der Waals surface area contributed by atoms with Crippen LogP contribution in [0.5, 0.6) is 0 Å². The molecule has 0 heterocycles. The summed E-state index contributed by atoms with van der Waals surface area (Å²) in [5.74, 6) is 1.56. The van der Waals surface area contributed by atoms with E-state index in [1.54, 1.807) is 0 Å². The molecule has 4 fully saturated rings. The molecular formula is C16H24N2O. The number of benzene rings is 1. The first kappa shape index (κ1) is 13.1. The largest absolute Gasteiger partial charge is 0.370 e. The van der Waals surface area contributed by atoms with Gasteiger partial charge in [0, 0.05) is 5.54 Å². The Bertz CT molecular complexity index is 463. The summed E-state index contributed by atoms with van der Waals surface area (Å²) < 4.78 is 6.33. The minimum absolute atomic E-state index is 0. The number of rotatable bonds is 3. The fraction of sp³-hybridized carbons (Fsp3) is 0.625. The first-order valence-corrected chi connectivity index (χ1v) is 7.14. The fourth-order valence-electron chi connectivity index (χ4n) is 4.87. The molecule has 19 heavy (non-hydrogen) atoms. The van der Waals surface area contributed by atoms with Gasteiger partial charge in [0.15, 0.2) is 0 Å². The van der Waals surface area contributed by atoms with Gasteiger partial charge in [-0.2, -0.15) is 0 Å². The van der Waals surface area contributed by atoms with Gasteiger partial charge in [-0.15, -0.1) is 0 Å². The van der Waals surface area contributed by atoms with E-state index in [0.717, 1.165) is 24.9 Å². The maximum Gasteiger partial charge on any atom is 0.0724 e. The van der Waals surface area contributed by atoms with Gasteiger partial charge in [0.2, 0.25) is 0 Å². The molecule has 0 spiro atoms. The van der Waals surface area contributed by atoms with Crippen molar-refractivity contribution in [2.24, 2.45) is 17.6 Å². The molecule has 0 radical (unpaired) electrons. The second-order valence-corrected chi connectivity index (χ2v) is 6.78. The molecule has 5 N–H and O–H groups in total. The van der Waals surface area contributed by atoms with Crippen LogP contribution in [0.3, 0.4) is 0 Å². The molecule has 4 saturated carbocycles. The molecule has 3 heteroatoms. The molecule has 4 aliphatic rings. The van der Waals surface area contributed by atoms with E-state index in [1.807, 2.05) is 0 Å². The third-order valence-corrected chi connectivity index (χ3v) is 5.42. The minimum Gasteiger partial charge on any atom is -0.370 e. The first-order valence-electron chi connectivity index (χ1n) is 7.14. The van der Waals surface area contributed by atoms with Crippen molar-refractivity contribution in [1.29, 1.82) is 0 Å². The summed E-state index contributed by atoms with van der Waals surface area (Å²) in [6.07, 6.45) is 6.14. The van der Waals surface area contributed by atoms with Crippen LogP contribution in [0.15, 0.2) is 30.3 Å². The van der Waals surface area contributed by atoms with Crippen LogP contribution >= 0.6 is 0 Å². The monoisotopic (exact) mass is 260 g/mol. The molecule has 4 atom stereocenters. The smallest absolute Gasteiger partial charge is 0.0724 e. The van der Waals surface area contributed by atoms with Crippen molar-refractivity contribution in [3.63, 3.8) is 0 Å². The van der Waals surface area contributed by atoms with E-state index in [1.165, 1.54) is 31.2 Å². The Kier molecular flexibility index (Phi) is 2.97. The summed E-state index contributed by atoms with van der Waals surface area (Å²) in [4.78, 5) is 0. The quantitative estimate of drug-likeness (QED) is 0.877. The molecule has 0 aliphatic heterocycles. The van der Waals surface area contributed by atoms with Gasteiger partial charge in [0.05, 0.1) is 12.2 Å². The standard InChI is InChI=1S/C16H21NO.H3N/c17-16-8-13-6-14(16)9-15(7-13,11-16)18-10-12-4-2-1-3-5-12;/h1-5,13-14H,6-11,17H2;1H3. The van der Waals surface area contributed by atoms with Gasteiger partial charge >= 0.3 is 0 Å². The highest BCUT2D eigenvalue weighted by molar-refractivity contribution is 5.19. The van der Waals surface area contributed by atoms with Gasteiger partial charge in [-0.25, -0.2) is 0 Å². The predicted octanol–water partition coefficient (Wildman–Crippen LogP) is 3.03. The average molecular weight is 260 g/mol. The number of nitrogens with two attached hydrogens (primary N) is 1. The number of hydrogen-bond acceptors (Lipinski definition) is 3. The van der Waals surface area contributed by atoms with Crippen LogP contribution in [0.4, 0.5) is 0 Å². The lowest BCUT2D eigenvalue weighted by Gasteiger charge is -2.39. The lowest BCUT2D eigenvalue weighted by molar-refractivity contribution is -0.0903. The van der Waals surface area contributed by atoms with E-state index < -0.39 is 0 Å². The second-order valence-electron chi connectivity index (χ2n) is 6.78. The lowest BCUT2D eigenvalue weighted by Crippen LogP contribution is -2.45. The second kappa shape index (κ2) is 4.30. The van der Waals surface area contributed by atoms with Crippen molar-refractivity contribution < 1.29 is 4.74 Å². The highest BCUT2D eigenvalue weighted by atomic mass is 16.5. The van der Waals surface area contributed by atoms with E-state index in [-0.39, 0.29) is 17.3 Å². The molecular weight excluding hydrogens is 236 g/mol. The Hall–Kier alpha value is -0.900. The highest BCUT2D eigenvalue weighted by Gasteiger charge is 2.63. The van der Waals surface area contributed by atoms with Gasteiger partial charge in [-0.3, -0.25) is 0 Å². The van der Waals surface area contributed by atoms with Crippen molar-refractivity contribution in [1.82, 2.24) is 6.15 Å². The molecule has 104 valence electrons. The Morgan fingerprint density at radius 1 is 1.16 bits per heavy atom. The third kappa shape index (κ3) is 2.00. The van der Waals surface area contributed by atoms with Crippen LogP contribution < -0.4 is 11.9 Å². The topological polar surface area (TPSA) is 70.2 Å². The molecule has 1 aromatic carbocycles. The number of hydrogen-bond donors (Lipinski definition) is 2. The van der Waals surface area contributed by atoms with Crippen LogP contribution in [0.2, 0.25) is 0 Å². The molecule has 4 bridgehead atoms. The zero-order chi connectivity index (χ0) is 12.2. The van der Waals surface area contributed by atoms with E-state index in [9.17, 15) is 0 Å². The van der Waals surface area contributed by atoms with Crippen molar-refractivity contribution in [2.45, 2.75) is 49.9 Å². The average Bonchev–Trinajstić information content (AvgIpc) is 2.69. The Morgan fingerprint density at radius 2 is 1.95 bits per heavy atom. The van der Waals surface area contributed by atoms with Gasteiger partial charge < -0.3 is 16.6 Å². The molecule has 3 nitrogen and oxygen atoms in total. The summed E-state index contributed by atoms with van der Waals surface area (Å²) in [6, 6.07) is 10.5. The number of ether oxygens (including phenoxy) is 1. The van der Waals surface area contributed by atoms with E-state index >= 15 is 0 Å². The summed E-state index contributed by atoms with van der Waals surface area (Å²) in [5, 5.41) is 0. The summed E-state index contributed by atoms with van der Waals surface area (Å²) in [7, 11) is 0. The third-order valence-electron chi connectivity index (χ3n) is 5.42. The van der Waals surface area contributed by atoms with Gasteiger partial charge in [0.1, 0.15) is 0 Å². The predicted molar refractivity (Wildman–Crippen MR) is 76.0 cm³/mol. The molecule has 0 aromatic heterocycles. The van der Waals surface area contributed by atoms with Crippen molar-refractivity contribution in [3.05, 3.63) is 35.9 Å². The zero-order valence-corrected chi connectivity index (χ0v) is 11.5. The minimum atomic E-state index is 0. The Balaban J connectivity index is 0.00000110. The van der Waals surface area contributed by atoms with Gasteiger partial charge in [-0.05, 0) is 49.5 Å². The summed E-state index contributed by atoms with van der Waals surface area (Å²) in [6.45, 7) is 0.746. The summed E-state index contributed by atoms with van der Waals surface area (Å²) in [5.41, 5.74) is 8.06. The molecule has 4 unspecified atom stereocenters. The molecule has 0 amide bonds. The van der Waals surface area contributed by atoms with Crippen LogP contribution in [0.25, 0.3) is 0 Å². The molecule has 4 aliphatic carbocycles. The van der Waals surface area contributed by atoms with Crippen LogP contribution in [-0.2, 0) is 11.3 Å². The summed E-state index contributed by atoms with van der Waals surface area (Å²) >= 11 is 0. The van der Waals surface area contributed by atoms with E-state index in [0.29, 0.717) is 0 Å². The zero-order valence-electron chi connectivity index (χ0n) is 11.5. The van der Waals surface area contributed by atoms with Crippen molar-refractivity contribution >= 4 is 0 Å². The first-order chi connectivity index (χ1) is 8.68. The van der Waals surface area contributed by atoms with E-state index in [4.69, 9.17) is 10.5 Å². The Morgan fingerprint density at radius 3 is 2.63 bits per heavy atom. The normalized spacial score (nSPS) is 42.4. The molecule has 5 rings (SSSR count). The molecule has 1 aromatic rings. The SMILES string of the molecule is N.NC12CC3CC1CC(OCc1ccccc1)(C3)C2. The van der Waals surface area contributed by atoms with Gasteiger partial charge in [0.25, 0.3) is 0 Å². The highest BCUT2D eigenvalue weighted by Crippen LogP contribution is 2.62. The lowest BCUT2D eigenvalue weighted by atomic mass is 9.77. The molecule has 0 saturated heterocycles. The van der Waals surface area contributed by atoms with Gasteiger partial charge in [-0.1, -0.05) is 30.3 Å². The van der Waals surface area contributed by atoms with Crippen molar-refractivity contribution in [3.8, 4) is 0 Å². The maximum atomic E-state index is 6.56.